The van der Waals surface area contributed by atoms with E-state index in [9.17, 15) is 4.79 Å². The Balaban J connectivity index is 1.90. The van der Waals surface area contributed by atoms with Crippen molar-refractivity contribution in [1.29, 1.82) is 5.26 Å². The smallest absolute Gasteiger partial charge is 0.332 e. The zero-order valence-electron chi connectivity index (χ0n) is 10.1. The van der Waals surface area contributed by atoms with E-state index in [-0.39, 0.29) is 6.10 Å². The number of hydrogen-bond acceptors (Lipinski definition) is 4. The molecule has 1 aromatic rings. The lowest BCUT2D eigenvalue weighted by molar-refractivity contribution is -0.149. The number of nitriles is 1. The van der Waals surface area contributed by atoms with Gasteiger partial charge in [0.25, 0.3) is 0 Å². The molecule has 6 heteroatoms. The van der Waals surface area contributed by atoms with Crippen molar-refractivity contribution in [3.8, 4) is 6.07 Å². The van der Waals surface area contributed by atoms with Gasteiger partial charge in [-0.1, -0.05) is 0 Å². The first-order chi connectivity index (χ1) is 9.10. The molecule has 0 saturated carbocycles. The lowest BCUT2D eigenvalue weighted by Crippen LogP contribution is -2.24. The summed E-state index contributed by atoms with van der Waals surface area (Å²) in [5.41, 5.74) is 1.45. The molecule has 1 heterocycles. The summed E-state index contributed by atoms with van der Waals surface area (Å²) in [6.45, 7) is 0.550. The average Bonchev–Trinajstić information content (AvgIpc) is 2.86. The third-order valence-electron chi connectivity index (χ3n) is 3.00. The number of anilines is 1. The van der Waals surface area contributed by atoms with E-state index >= 15 is 0 Å². The summed E-state index contributed by atoms with van der Waals surface area (Å²) in [4.78, 5) is 10.8. The first-order valence-electron chi connectivity index (χ1n) is 5.92. The molecule has 0 aromatic heterocycles. The Bertz CT molecular complexity index is 527. The summed E-state index contributed by atoms with van der Waals surface area (Å²) in [5, 5.41) is 20.8. The van der Waals surface area contributed by atoms with Crippen molar-refractivity contribution in [2.24, 2.45) is 0 Å². The van der Waals surface area contributed by atoms with Crippen molar-refractivity contribution in [3.63, 3.8) is 0 Å². The Morgan fingerprint density at radius 1 is 1.58 bits per heavy atom. The Morgan fingerprint density at radius 2 is 2.37 bits per heavy atom. The van der Waals surface area contributed by atoms with Gasteiger partial charge in [0.15, 0.2) is 6.10 Å². The number of hydrogen-bond donors (Lipinski definition) is 2. The van der Waals surface area contributed by atoms with Crippen molar-refractivity contribution in [1.82, 2.24) is 0 Å². The molecule has 1 aliphatic rings. The number of carboxylic acids is 1. The van der Waals surface area contributed by atoms with Crippen LogP contribution in [0.2, 0.25) is 0 Å². The van der Waals surface area contributed by atoms with Gasteiger partial charge in [0.05, 0.1) is 17.7 Å². The molecule has 2 unspecified atom stereocenters. The average molecular weight is 325 g/mol. The van der Waals surface area contributed by atoms with Gasteiger partial charge in [-0.2, -0.15) is 5.26 Å². The molecule has 0 spiro atoms. The third-order valence-corrected chi connectivity index (χ3v) is 3.66. The molecule has 2 rings (SSSR count). The minimum Gasteiger partial charge on any atom is -0.479 e. The Morgan fingerprint density at radius 3 is 2.95 bits per heavy atom. The molecule has 2 atom stereocenters. The summed E-state index contributed by atoms with van der Waals surface area (Å²) in [6, 6.07) is 7.33. The van der Waals surface area contributed by atoms with E-state index in [0.29, 0.717) is 18.5 Å². The molecule has 1 saturated heterocycles. The zero-order chi connectivity index (χ0) is 13.8. The van der Waals surface area contributed by atoms with Gasteiger partial charge in [-0.05, 0) is 47.0 Å². The number of nitrogens with one attached hydrogen (secondary N) is 1. The summed E-state index contributed by atoms with van der Waals surface area (Å²) in [5.74, 6) is -0.901. The molecule has 2 N–H and O–H groups in total. The van der Waals surface area contributed by atoms with Gasteiger partial charge in [-0.15, -0.1) is 0 Å². The molecule has 0 aliphatic carbocycles. The molecule has 5 nitrogen and oxygen atoms in total. The van der Waals surface area contributed by atoms with E-state index in [1.54, 1.807) is 12.1 Å². The molecule has 100 valence electrons. The van der Waals surface area contributed by atoms with Crippen molar-refractivity contribution in [2.75, 3.05) is 11.9 Å². The van der Waals surface area contributed by atoms with Crippen LogP contribution in [0, 0.1) is 11.3 Å². The SMILES string of the molecule is N#Cc1ccc(NCC2CCC(C(=O)O)O2)c(Br)c1. The molecule has 1 aromatic carbocycles. The monoisotopic (exact) mass is 324 g/mol. The van der Waals surface area contributed by atoms with E-state index in [1.807, 2.05) is 6.07 Å². The lowest BCUT2D eigenvalue weighted by Gasteiger charge is -2.14. The topological polar surface area (TPSA) is 82.4 Å². The second-order valence-corrected chi connectivity index (χ2v) is 5.20. The first-order valence-corrected chi connectivity index (χ1v) is 6.71. The largest absolute Gasteiger partial charge is 0.479 e. The molecule has 19 heavy (non-hydrogen) atoms. The predicted octanol–water partition coefficient (Wildman–Crippen LogP) is 2.36. The highest BCUT2D eigenvalue weighted by atomic mass is 79.9. The van der Waals surface area contributed by atoms with Gasteiger partial charge in [-0.25, -0.2) is 4.79 Å². The number of ether oxygens (including phenoxy) is 1. The summed E-state index contributed by atoms with van der Waals surface area (Å²) < 4.78 is 6.20. The van der Waals surface area contributed by atoms with Gasteiger partial charge in [0.1, 0.15) is 0 Å². The minimum atomic E-state index is -0.901. The molecular weight excluding hydrogens is 312 g/mol. The van der Waals surface area contributed by atoms with Gasteiger partial charge in [-0.3, -0.25) is 0 Å². The fourth-order valence-electron chi connectivity index (χ4n) is 1.99. The third kappa shape index (κ3) is 3.46. The number of nitrogens with zero attached hydrogens (tertiary/aromatic N) is 1. The second-order valence-electron chi connectivity index (χ2n) is 4.35. The lowest BCUT2D eigenvalue weighted by atomic mass is 10.2. The second kappa shape index (κ2) is 6.04. The Kier molecular flexibility index (Phi) is 4.40. The number of aliphatic carboxylic acids is 1. The fraction of sp³-hybridized carbons (Fsp3) is 0.385. The van der Waals surface area contributed by atoms with Gasteiger partial charge in [0.2, 0.25) is 0 Å². The van der Waals surface area contributed by atoms with Crippen LogP contribution in [-0.2, 0) is 9.53 Å². The summed E-state index contributed by atoms with van der Waals surface area (Å²) in [7, 11) is 0. The van der Waals surface area contributed by atoms with Crippen LogP contribution in [0.1, 0.15) is 18.4 Å². The highest BCUT2D eigenvalue weighted by Gasteiger charge is 2.30. The molecular formula is C13H13BrN2O3. The van der Waals surface area contributed by atoms with E-state index in [1.165, 1.54) is 0 Å². The van der Waals surface area contributed by atoms with Crippen LogP contribution in [0.3, 0.4) is 0 Å². The van der Waals surface area contributed by atoms with E-state index in [2.05, 4.69) is 27.3 Å². The summed E-state index contributed by atoms with van der Waals surface area (Å²) >= 11 is 3.38. The predicted molar refractivity (Wildman–Crippen MR) is 72.9 cm³/mol. The van der Waals surface area contributed by atoms with Crippen LogP contribution in [0.15, 0.2) is 22.7 Å². The fourth-order valence-corrected chi connectivity index (χ4v) is 2.51. The maximum absolute atomic E-state index is 10.8. The number of halogens is 1. The molecule has 0 bridgehead atoms. The quantitative estimate of drug-likeness (QED) is 0.888. The van der Waals surface area contributed by atoms with Gasteiger partial charge < -0.3 is 15.2 Å². The Hall–Kier alpha value is -1.58. The molecule has 1 aliphatic heterocycles. The highest BCUT2D eigenvalue weighted by Crippen LogP contribution is 2.25. The van der Waals surface area contributed by atoms with Crippen molar-refractivity contribution < 1.29 is 14.6 Å². The number of carbonyl (C=O) groups is 1. The molecule has 0 amide bonds. The van der Waals surface area contributed by atoms with E-state index in [0.717, 1.165) is 16.6 Å². The summed E-state index contributed by atoms with van der Waals surface area (Å²) in [6.07, 6.45) is 0.508. The maximum Gasteiger partial charge on any atom is 0.332 e. The van der Waals surface area contributed by atoms with Gasteiger partial charge >= 0.3 is 5.97 Å². The van der Waals surface area contributed by atoms with E-state index in [4.69, 9.17) is 15.1 Å². The standard InChI is InChI=1S/C13H13BrN2O3/c14-10-5-8(6-15)1-3-11(10)16-7-9-2-4-12(19-9)13(17)18/h1,3,5,9,12,16H,2,4,7H2,(H,17,18). The van der Waals surface area contributed by atoms with E-state index < -0.39 is 12.1 Å². The molecule has 0 radical (unpaired) electrons. The highest BCUT2D eigenvalue weighted by molar-refractivity contribution is 9.10. The maximum atomic E-state index is 10.8. The van der Waals surface area contributed by atoms with Crippen molar-refractivity contribution >= 4 is 27.6 Å². The minimum absolute atomic E-state index is 0.0938. The number of benzene rings is 1. The normalized spacial score (nSPS) is 21.9. The van der Waals surface area contributed by atoms with Crippen LogP contribution >= 0.6 is 15.9 Å². The van der Waals surface area contributed by atoms with Crippen LogP contribution < -0.4 is 5.32 Å². The van der Waals surface area contributed by atoms with Crippen molar-refractivity contribution in [3.05, 3.63) is 28.2 Å². The Labute approximate surface area is 119 Å². The van der Waals surface area contributed by atoms with Crippen LogP contribution in [0.5, 0.6) is 0 Å². The van der Waals surface area contributed by atoms with Crippen LogP contribution in [-0.4, -0.2) is 29.8 Å². The van der Waals surface area contributed by atoms with Gasteiger partial charge in [0, 0.05) is 16.7 Å². The molecule has 1 fully saturated rings. The number of carboxylic acid groups (broad SMARTS) is 1. The van der Waals surface area contributed by atoms with Crippen molar-refractivity contribution in [2.45, 2.75) is 25.0 Å². The number of rotatable bonds is 4. The zero-order valence-corrected chi connectivity index (χ0v) is 11.7. The van der Waals surface area contributed by atoms with Crippen LogP contribution in [0.25, 0.3) is 0 Å². The van der Waals surface area contributed by atoms with Crippen LogP contribution in [0.4, 0.5) is 5.69 Å². The first kappa shape index (κ1) is 13.8.